The van der Waals surface area contributed by atoms with E-state index < -0.39 is 0 Å². The maximum absolute atomic E-state index is 12.4. The zero-order valence-electron chi connectivity index (χ0n) is 12.5. The Labute approximate surface area is 125 Å². The van der Waals surface area contributed by atoms with Gasteiger partial charge in [0.15, 0.2) is 0 Å². The Kier molecular flexibility index (Phi) is 5.19. The first-order valence-corrected chi connectivity index (χ1v) is 7.73. The Bertz CT molecular complexity index is 446. The van der Waals surface area contributed by atoms with Gasteiger partial charge < -0.3 is 5.32 Å². The van der Waals surface area contributed by atoms with E-state index in [4.69, 9.17) is 0 Å². The lowest BCUT2D eigenvalue weighted by Crippen LogP contribution is -2.46. The van der Waals surface area contributed by atoms with Crippen molar-refractivity contribution in [3.8, 4) is 0 Å². The molecule has 0 saturated carbocycles. The Hall–Kier alpha value is -0.830. The third-order valence-electron chi connectivity index (χ3n) is 2.83. The van der Waals surface area contributed by atoms with Crippen LogP contribution in [0.5, 0.6) is 0 Å². The van der Waals surface area contributed by atoms with Gasteiger partial charge in [0.1, 0.15) is 0 Å². The van der Waals surface area contributed by atoms with E-state index >= 15 is 0 Å². The molecule has 1 N–H and O–H groups in total. The first-order valence-electron chi connectivity index (χ1n) is 6.61. The highest BCUT2D eigenvalue weighted by atomic mass is 79.9. The van der Waals surface area contributed by atoms with Crippen molar-refractivity contribution in [2.24, 2.45) is 5.41 Å². The minimum absolute atomic E-state index is 0.00398. The van der Waals surface area contributed by atoms with Gasteiger partial charge in [-0.1, -0.05) is 54.9 Å². The van der Waals surface area contributed by atoms with Crippen molar-refractivity contribution in [3.63, 3.8) is 0 Å². The van der Waals surface area contributed by atoms with Crippen molar-refractivity contribution in [1.82, 2.24) is 5.32 Å². The lowest BCUT2D eigenvalue weighted by atomic mass is 9.81. The molecule has 0 unspecified atom stereocenters. The van der Waals surface area contributed by atoms with Crippen LogP contribution in [0.25, 0.3) is 0 Å². The standard InChI is InChI=1S/C16H24BrNO/c1-15(2,3)11-16(4,5)18-14(19)13-9-7-6-8-12(13)10-17/h6-9H,10-11H2,1-5H3,(H,18,19). The molecule has 0 atom stereocenters. The van der Waals surface area contributed by atoms with Crippen LogP contribution in [-0.2, 0) is 5.33 Å². The van der Waals surface area contributed by atoms with Crippen LogP contribution >= 0.6 is 15.9 Å². The molecule has 106 valence electrons. The molecule has 2 nitrogen and oxygen atoms in total. The van der Waals surface area contributed by atoms with Crippen LogP contribution in [0.4, 0.5) is 0 Å². The summed E-state index contributed by atoms with van der Waals surface area (Å²) in [5.74, 6) is 0.00398. The summed E-state index contributed by atoms with van der Waals surface area (Å²) in [6.07, 6.45) is 0.933. The number of benzene rings is 1. The number of hydrogen-bond acceptors (Lipinski definition) is 1. The van der Waals surface area contributed by atoms with Crippen LogP contribution in [0.3, 0.4) is 0 Å². The molecule has 0 spiro atoms. The number of rotatable bonds is 4. The Morgan fingerprint density at radius 3 is 2.26 bits per heavy atom. The van der Waals surface area contributed by atoms with E-state index in [2.05, 4.69) is 55.9 Å². The van der Waals surface area contributed by atoms with E-state index in [0.717, 1.165) is 17.5 Å². The van der Waals surface area contributed by atoms with Gasteiger partial charge in [-0.25, -0.2) is 0 Å². The number of nitrogens with one attached hydrogen (secondary N) is 1. The molecule has 0 saturated heterocycles. The smallest absolute Gasteiger partial charge is 0.251 e. The SMILES string of the molecule is CC(C)(C)CC(C)(C)NC(=O)c1ccccc1CBr. The van der Waals surface area contributed by atoms with Gasteiger partial charge in [0, 0.05) is 16.4 Å². The van der Waals surface area contributed by atoms with Crippen molar-refractivity contribution >= 4 is 21.8 Å². The van der Waals surface area contributed by atoms with Gasteiger partial charge in [-0.05, 0) is 37.3 Å². The van der Waals surface area contributed by atoms with E-state index in [1.165, 1.54) is 0 Å². The van der Waals surface area contributed by atoms with Gasteiger partial charge >= 0.3 is 0 Å². The predicted octanol–water partition coefficient (Wildman–Crippen LogP) is 4.53. The summed E-state index contributed by atoms with van der Waals surface area (Å²) in [5, 5.41) is 3.83. The number of hydrogen-bond donors (Lipinski definition) is 1. The molecule has 19 heavy (non-hydrogen) atoms. The van der Waals surface area contributed by atoms with Crippen molar-refractivity contribution in [2.45, 2.75) is 51.9 Å². The number of carbonyl (C=O) groups excluding carboxylic acids is 1. The van der Waals surface area contributed by atoms with Gasteiger partial charge in [0.05, 0.1) is 0 Å². The van der Waals surface area contributed by atoms with Crippen LogP contribution in [0.1, 0.15) is 57.0 Å². The van der Waals surface area contributed by atoms with Crippen molar-refractivity contribution in [2.75, 3.05) is 0 Å². The molecule has 0 fully saturated rings. The Morgan fingerprint density at radius 1 is 1.16 bits per heavy atom. The largest absolute Gasteiger partial charge is 0.347 e. The minimum Gasteiger partial charge on any atom is -0.347 e. The maximum atomic E-state index is 12.4. The zero-order chi connectivity index (χ0) is 14.7. The summed E-state index contributed by atoms with van der Waals surface area (Å²) in [7, 11) is 0. The fraction of sp³-hybridized carbons (Fsp3) is 0.562. The molecule has 0 aromatic heterocycles. The molecular weight excluding hydrogens is 302 g/mol. The minimum atomic E-state index is -0.214. The van der Waals surface area contributed by atoms with Crippen LogP contribution < -0.4 is 5.32 Å². The summed E-state index contributed by atoms with van der Waals surface area (Å²) < 4.78 is 0. The number of amides is 1. The van der Waals surface area contributed by atoms with E-state index in [0.29, 0.717) is 5.33 Å². The molecule has 1 aromatic carbocycles. The quantitative estimate of drug-likeness (QED) is 0.810. The molecule has 0 bridgehead atoms. The van der Waals surface area contributed by atoms with E-state index in [9.17, 15) is 4.79 Å². The molecule has 3 heteroatoms. The summed E-state index contributed by atoms with van der Waals surface area (Å²) in [5.41, 5.74) is 1.74. The summed E-state index contributed by atoms with van der Waals surface area (Å²) in [4.78, 5) is 12.4. The lowest BCUT2D eigenvalue weighted by molar-refractivity contribution is 0.0891. The van der Waals surface area contributed by atoms with Crippen LogP contribution in [0.15, 0.2) is 24.3 Å². The summed E-state index contributed by atoms with van der Waals surface area (Å²) in [6, 6.07) is 7.70. The van der Waals surface area contributed by atoms with Crippen molar-refractivity contribution in [3.05, 3.63) is 35.4 Å². The number of carbonyl (C=O) groups is 1. The van der Waals surface area contributed by atoms with E-state index in [1.807, 2.05) is 24.3 Å². The fourth-order valence-corrected chi connectivity index (χ4v) is 3.09. The second-order valence-electron chi connectivity index (χ2n) is 6.87. The molecule has 0 aliphatic rings. The zero-order valence-corrected chi connectivity index (χ0v) is 14.1. The third kappa shape index (κ3) is 5.35. The molecular formula is C16H24BrNO. The summed E-state index contributed by atoms with van der Waals surface area (Å²) >= 11 is 3.43. The lowest BCUT2D eigenvalue weighted by Gasteiger charge is -2.33. The predicted molar refractivity (Wildman–Crippen MR) is 84.7 cm³/mol. The van der Waals surface area contributed by atoms with Gasteiger partial charge in [-0.15, -0.1) is 0 Å². The molecule has 0 radical (unpaired) electrons. The number of alkyl halides is 1. The highest BCUT2D eigenvalue weighted by Gasteiger charge is 2.27. The highest BCUT2D eigenvalue weighted by molar-refractivity contribution is 9.08. The van der Waals surface area contributed by atoms with Gasteiger partial charge in [-0.2, -0.15) is 0 Å². The van der Waals surface area contributed by atoms with Crippen molar-refractivity contribution < 1.29 is 4.79 Å². The van der Waals surface area contributed by atoms with Crippen LogP contribution in [-0.4, -0.2) is 11.4 Å². The molecule has 0 aliphatic carbocycles. The van der Waals surface area contributed by atoms with Crippen LogP contribution in [0, 0.1) is 5.41 Å². The maximum Gasteiger partial charge on any atom is 0.251 e. The third-order valence-corrected chi connectivity index (χ3v) is 3.43. The molecule has 0 heterocycles. The fourth-order valence-electron chi connectivity index (χ4n) is 2.60. The van der Waals surface area contributed by atoms with E-state index in [-0.39, 0.29) is 16.9 Å². The monoisotopic (exact) mass is 325 g/mol. The Balaban J connectivity index is 2.85. The van der Waals surface area contributed by atoms with E-state index in [1.54, 1.807) is 0 Å². The first kappa shape index (κ1) is 16.2. The second-order valence-corrected chi connectivity index (χ2v) is 7.43. The average molecular weight is 326 g/mol. The topological polar surface area (TPSA) is 29.1 Å². The van der Waals surface area contributed by atoms with Gasteiger partial charge in [0.25, 0.3) is 5.91 Å². The van der Waals surface area contributed by atoms with Gasteiger partial charge in [0.2, 0.25) is 0 Å². The molecule has 1 rings (SSSR count). The molecule has 1 aromatic rings. The second kappa shape index (κ2) is 6.08. The molecule has 1 amide bonds. The van der Waals surface area contributed by atoms with Crippen LogP contribution in [0.2, 0.25) is 0 Å². The highest BCUT2D eigenvalue weighted by Crippen LogP contribution is 2.27. The van der Waals surface area contributed by atoms with Crippen molar-refractivity contribution in [1.29, 1.82) is 0 Å². The first-order chi connectivity index (χ1) is 8.64. The molecule has 0 aliphatic heterocycles. The number of halogens is 1. The van der Waals surface area contributed by atoms with Gasteiger partial charge in [-0.3, -0.25) is 4.79 Å². The summed E-state index contributed by atoms with van der Waals surface area (Å²) in [6.45, 7) is 10.7. The Morgan fingerprint density at radius 2 is 1.74 bits per heavy atom. The normalized spacial score (nSPS) is 12.3. The average Bonchev–Trinajstić information content (AvgIpc) is 2.24.